The van der Waals surface area contributed by atoms with Gasteiger partial charge in [0.05, 0.1) is 15.5 Å². The van der Waals surface area contributed by atoms with Crippen LogP contribution < -0.4 is 10.5 Å². The normalized spacial score (nSPS) is 23.2. The maximum Gasteiger partial charge on any atom is 0.240 e. The van der Waals surface area contributed by atoms with E-state index in [9.17, 15) is 8.42 Å². The van der Waals surface area contributed by atoms with Crippen LogP contribution in [0.1, 0.15) is 31.2 Å². The molecule has 0 radical (unpaired) electrons. The predicted octanol–water partition coefficient (Wildman–Crippen LogP) is 1.76. The molecule has 0 saturated heterocycles. The molecule has 2 unspecified atom stereocenters. The topological polar surface area (TPSA) is 96.0 Å². The van der Waals surface area contributed by atoms with Crippen LogP contribution in [-0.4, -0.2) is 20.5 Å². The number of nitrogens with two attached hydrogens (primary N) is 1. The van der Waals surface area contributed by atoms with E-state index in [1.165, 1.54) is 18.2 Å². The summed E-state index contributed by atoms with van der Waals surface area (Å²) in [5.41, 5.74) is 6.19. The maximum atomic E-state index is 12.3. The van der Waals surface area contributed by atoms with Crippen LogP contribution in [0.2, 0.25) is 5.02 Å². The van der Waals surface area contributed by atoms with Crippen molar-refractivity contribution < 1.29 is 8.42 Å². The molecule has 1 aliphatic carbocycles. The first-order valence-electron chi connectivity index (χ1n) is 6.41. The Labute approximate surface area is 123 Å². The molecule has 7 heteroatoms. The molecular weight excluding hydrogens is 298 g/mol. The molecule has 1 aliphatic rings. The number of nitrogens with one attached hydrogen (secondary N) is 1. The second kappa shape index (κ2) is 6.10. The van der Waals surface area contributed by atoms with Crippen molar-refractivity contribution in [3.63, 3.8) is 0 Å². The second-order valence-electron chi connectivity index (χ2n) is 4.93. The van der Waals surface area contributed by atoms with Crippen molar-refractivity contribution >= 4 is 21.6 Å². The summed E-state index contributed by atoms with van der Waals surface area (Å²) in [6, 6.07) is 5.55. The Bertz CT molecular complexity index is 640. The summed E-state index contributed by atoms with van der Waals surface area (Å²) >= 11 is 5.87. The summed E-state index contributed by atoms with van der Waals surface area (Å²) in [5, 5.41) is 8.92. The molecule has 3 N–H and O–H groups in total. The molecule has 20 heavy (non-hydrogen) atoms. The molecule has 0 heterocycles. The molecule has 0 aromatic heterocycles. The lowest BCUT2D eigenvalue weighted by Gasteiger charge is -2.29. The fourth-order valence-corrected chi connectivity index (χ4v) is 3.96. The smallest absolute Gasteiger partial charge is 0.240 e. The first-order valence-corrected chi connectivity index (χ1v) is 8.28. The van der Waals surface area contributed by atoms with Crippen LogP contribution in [0.25, 0.3) is 0 Å². The second-order valence-corrected chi connectivity index (χ2v) is 7.05. The van der Waals surface area contributed by atoms with Gasteiger partial charge in [0.1, 0.15) is 6.07 Å². The highest BCUT2D eigenvalue weighted by molar-refractivity contribution is 7.89. The van der Waals surface area contributed by atoms with Crippen molar-refractivity contribution in [2.45, 2.75) is 42.7 Å². The van der Waals surface area contributed by atoms with E-state index in [1.54, 1.807) is 0 Å². The van der Waals surface area contributed by atoms with Crippen LogP contribution in [0.4, 0.5) is 0 Å². The van der Waals surface area contributed by atoms with Crippen LogP contribution in [0, 0.1) is 11.3 Å². The molecule has 0 spiro atoms. The first kappa shape index (κ1) is 15.3. The number of sulfonamides is 1. The van der Waals surface area contributed by atoms with Gasteiger partial charge in [-0.15, -0.1) is 0 Å². The lowest BCUT2D eigenvalue weighted by molar-refractivity contribution is 0.361. The standard InChI is InChI=1S/C13H16ClN3O2S/c14-11-7-10(6-5-9(11)8-15)20(18,19)17-13-4-2-1-3-12(13)16/h5-7,12-13,17H,1-4,16H2. The molecule has 1 saturated carbocycles. The molecule has 0 bridgehead atoms. The van der Waals surface area contributed by atoms with Gasteiger partial charge in [0.25, 0.3) is 0 Å². The van der Waals surface area contributed by atoms with Gasteiger partial charge in [-0.05, 0) is 31.0 Å². The lowest BCUT2D eigenvalue weighted by Crippen LogP contribution is -2.49. The highest BCUT2D eigenvalue weighted by Gasteiger charge is 2.27. The Morgan fingerprint density at radius 2 is 2.05 bits per heavy atom. The maximum absolute atomic E-state index is 12.3. The monoisotopic (exact) mass is 313 g/mol. The summed E-state index contributed by atoms with van der Waals surface area (Å²) in [4.78, 5) is 0.0549. The first-order chi connectivity index (χ1) is 9.44. The van der Waals surface area contributed by atoms with Crippen LogP contribution >= 0.6 is 11.6 Å². The quantitative estimate of drug-likeness (QED) is 0.888. The number of nitrogens with zero attached hydrogens (tertiary/aromatic N) is 1. The van der Waals surface area contributed by atoms with E-state index in [0.717, 1.165) is 25.7 Å². The summed E-state index contributed by atoms with van der Waals surface area (Å²) < 4.78 is 27.2. The number of rotatable bonds is 3. The molecule has 2 atom stereocenters. The van der Waals surface area contributed by atoms with E-state index in [-0.39, 0.29) is 27.6 Å². The van der Waals surface area contributed by atoms with Crippen molar-refractivity contribution in [3.05, 3.63) is 28.8 Å². The summed E-state index contributed by atoms with van der Waals surface area (Å²) in [6.45, 7) is 0. The summed E-state index contributed by atoms with van der Waals surface area (Å²) in [7, 11) is -3.66. The fraction of sp³-hybridized carbons (Fsp3) is 0.462. The van der Waals surface area contributed by atoms with Gasteiger partial charge in [-0.25, -0.2) is 13.1 Å². The fourth-order valence-electron chi connectivity index (χ4n) is 2.33. The van der Waals surface area contributed by atoms with Crippen molar-refractivity contribution in [2.24, 2.45) is 5.73 Å². The van der Waals surface area contributed by atoms with Crippen molar-refractivity contribution in [1.82, 2.24) is 4.72 Å². The zero-order valence-electron chi connectivity index (χ0n) is 10.8. The average Bonchev–Trinajstić information content (AvgIpc) is 2.41. The van der Waals surface area contributed by atoms with Gasteiger partial charge in [0.2, 0.25) is 10.0 Å². The van der Waals surface area contributed by atoms with Gasteiger partial charge in [-0.3, -0.25) is 0 Å². The van der Waals surface area contributed by atoms with E-state index in [1.807, 2.05) is 6.07 Å². The molecule has 1 aromatic carbocycles. The third kappa shape index (κ3) is 3.30. The SMILES string of the molecule is N#Cc1ccc(S(=O)(=O)NC2CCCCC2N)cc1Cl. The number of benzene rings is 1. The van der Waals surface area contributed by atoms with Crippen molar-refractivity contribution in [2.75, 3.05) is 0 Å². The van der Waals surface area contributed by atoms with Gasteiger partial charge in [0, 0.05) is 12.1 Å². The van der Waals surface area contributed by atoms with E-state index in [0.29, 0.717) is 0 Å². The minimum Gasteiger partial charge on any atom is -0.326 e. The van der Waals surface area contributed by atoms with Gasteiger partial charge in [-0.2, -0.15) is 5.26 Å². The minimum absolute atomic E-state index is 0.0549. The van der Waals surface area contributed by atoms with E-state index in [4.69, 9.17) is 22.6 Å². The highest BCUT2D eigenvalue weighted by atomic mass is 35.5. The average molecular weight is 314 g/mol. The molecule has 0 amide bonds. The van der Waals surface area contributed by atoms with Gasteiger partial charge in [0.15, 0.2) is 0 Å². The zero-order chi connectivity index (χ0) is 14.8. The third-order valence-corrected chi connectivity index (χ3v) is 5.30. The highest BCUT2D eigenvalue weighted by Crippen LogP contribution is 2.22. The van der Waals surface area contributed by atoms with Gasteiger partial charge < -0.3 is 5.73 Å². The van der Waals surface area contributed by atoms with Crippen molar-refractivity contribution in [3.8, 4) is 6.07 Å². The molecular formula is C13H16ClN3O2S. The molecule has 1 aromatic rings. The Morgan fingerprint density at radius 3 is 2.65 bits per heavy atom. The van der Waals surface area contributed by atoms with Gasteiger partial charge in [-0.1, -0.05) is 24.4 Å². The number of nitriles is 1. The number of hydrogen-bond donors (Lipinski definition) is 2. The Hall–Kier alpha value is -1.13. The van der Waals surface area contributed by atoms with E-state index < -0.39 is 10.0 Å². The molecule has 2 rings (SSSR count). The van der Waals surface area contributed by atoms with Crippen LogP contribution in [0.5, 0.6) is 0 Å². The van der Waals surface area contributed by atoms with Crippen LogP contribution in [-0.2, 0) is 10.0 Å². The largest absolute Gasteiger partial charge is 0.326 e. The van der Waals surface area contributed by atoms with E-state index >= 15 is 0 Å². The Balaban J connectivity index is 2.22. The molecule has 0 aliphatic heterocycles. The molecule has 108 valence electrons. The molecule has 1 fully saturated rings. The van der Waals surface area contributed by atoms with E-state index in [2.05, 4.69) is 4.72 Å². The summed E-state index contributed by atoms with van der Waals surface area (Å²) in [5.74, 6) is 0. The van der Waals surface area contributed by atoms with Gasteiger partial charge >= 0.3 is 0 Å². The third-order valence-electron chi connectivity index (χ3n) is 3.50. The summed E-state index contributed by atoms with van der Waals surface area (Å²) in [6.07, 6.45) is 3.56. The number of halogens is 1. The Morgan fingerprint density at radius 1 is 1.35 bits per heavy atom. The lowest BCUT2D eigenvalue weighted by atomic mass is 9.92. The van der Waals surface area contributed by atoms with Crippen molar-refractivity contribution in [1.29, 1.82) is 5.26 Å². The van der Waals surface area contributed by atoms with Crippen LogP contribution in [0.3, 0.4) is 0 Å². The molecule has 5 nitrogen and oxygen atoms in total. The van der Waals surface area contributed by atoms with Crippen LogP contribution in [0.15, 0.2) is 23.1 Å². The minimum atomic E-state index is -3.66. The Kier molecular flexibility index (Phi) is 4.66. The predicted molar refractivity (Wildman–Crippen MR) is 76.7 cm³/mol. The number of hydrogen-bond acceptors (Lipinski definition) is 4. The zero-order valence-corrected chi connectivity index (χ0v) is 12.4.